The Morgan fingerprint density at radius 2 is 1.50 bits per heavy atom. The first-order valence-electron chi connectivity index (χ1n) is 4.09. The molecule has 0 aliphatic carbocycles. The number of benzene rings is 1. The van der Waals surface area contributed by atoms with Crippen molar-refractivity contribution >= 4 is 17.5 Å². The number of carbonyl (C=O) groups is 2. The van der Waals surface area contributed by atoms with Crippen LogP contribution in [0.15, 0.2) is 24.3 Å². The number of nitrogens with zero attached hydrogens (tertiary/aromatic N) is 1. The minimum atomic E-state index is -0.402. The van der Waals surface area contributed by atoms with E-state index in [1.807, 2.05) is 0 Å². The fraction of sp³-hybridized carbons (Fsp3) is 0.200. The minimum Gasteiger partial charge on any atom is -0.274 e. The predicted molar refractivity (Wildman–Crippen MR) is 50.2 cm³/mol. The Morgan fingerprint density at radius 3 is 1.86 bits per heavy atom. The molecule has 0 aliphatic rings. The van der Waals surface area contributed by atoms with Crippen LogP contribution in [0, 0.1) is 5.82 Å². The number of hydrogen-bond donors (Lipinski definition) is 0. The average molecular weight is 195 g/mol. The molecule has 2 amide bonds. The number of imide groups is 1. The molecule has 0 saturated heterocycles. The van der Waals surface area contributed by atoms with Gasteiger partial charge in [0.15, 0.2) is 0 Å². The largest absolute Gasteiger partial charge is 0.274 e. The first kappa shape index (κ1) is 10.4. The van der Waals surface area contributed by atoms with Gasteiger partial charge in [-0.1, -0.05) is 0 Å². The van der Waals surface area contributed by atoms with E-state index < -0.39 is 5.82 Å². The van der Waals surface area contributed by atoms with Crippen molar-refractivity contribution in [3.8, 4) is 0 Å². The third kappa shape index (κ3) is 2.16. The summed E-state index contributed by atoms with van der Waals surface area (Å²) in [7, 11) is 0. The highest BCUT2D eigenvalue weighted by atomic mass is 19.1. The van der Waals surface area contributed by atoms with Crippen molar-refractivity contribution in [1.82, 2.24) is 0 Å². The van der Waals surface area contributed by atoms with Crippen LogP contribution in [0.25, 0.3) is 0 Å². The van der Waals surface area contributed by atoms with Crippen LogP contribution in [0.4, 0.5) is 10.1 Å². The lowest BCUT2D eigenvalue weighted by atomic mass is 10.2. The lowest BCUT2D eigenvalue weighted by molar-refractivity contribution is -0.124. The molecule has 0 bridgehead atoms. The van der Waals surface area contributed by atoms with Gasteiger partial charge in [0.2, 0.25) is 11.8 Å². The summed E-state index contributed by atoms with van der Waals surface area (Å²) < 4.78 is 12.6. The molecular weight excluding hydrogens is 185 g/mol. The molecule has 0 saturated carbocycles. The highest BCUT2D eigenvalue weighted by molar-refractivity contribution is 6.13. The van der Waals surface area contributed by atoms with Crippen LogP contribution in [0.1, 0.15) is 13.8 Å². The lowest BCUT2D eigenvalue weighted by Gasteiger charge is -2.16. The lowest BCUT2D eigenvalue weighted by Crippen LogP contribution is -2.32. The molecular formula is C10H10FNO2. The molecule has 1 aromatic carbocycles. The summed E-state index contributed by atoms with van der Waals surface area (Å²) in [4.78, 5) is 23.1. The van der Waals surface area contributed by atoms with Gasteiger partial charge in [-0.05, 0) is 24.3 Å². The second-order valence-corrected chi connectivity index (χ2v) is 2.85. The molecule has 0 unspecified atom stereocenters. The molecule has 0 N–H and O–H groups in total. The van der Waals surface area contributed by atoms with Gasteiger partial charge < -0.3 is 0 Å². The standard InChI is InChI=1S/C10H10FNO2/c1-7(13)12(8(2)14)10-5-3-9(11)4-6-10/h3-6H,1-2H3. The van der Waals surface area contributed by atoms with Crippen LogP contribution >= 0.6 is 0 Å². The second kappa shape index (κ2) is 4.00. The summed E-state index contributed by atoms with van der Waals surface area (Å²) in [5, 5.41) is 0. The number of rotatable bonds is 1. The van der Waals surface area contributed by atoms with Crippen molar-refractivity contribution in [2.24, 2.45) is 0 Å². The number of amides is 2. The van der Waals surface area contributed by atoms with Gasteiger partial charge in [0.05, 0.1) is 5.69 Å². The van der Waals surface area contributed by atoms with E-state index in [0.29, 0.717) is 5.69 Å². The molecule has 0 spiro atoms. The van der Waals surface area contributed by atoms with E-state index >= 15 is 0 Å². The van der Waals surface area contributed by atoms with Gasteiger partial charge in [-0.2, -0.15) is 0 Å². The van der Waals surface area contributed by atoms with Crippen LogP contribution in [-0.4, -0.2) is 11.8 Å². The zero-order valence-electron chi connectivity index (χ0n) is 7.95. The normalized spacial score (nSPS) is 9.64. The molecule has 74 valence electrons. The van der Waals surface area contributed by atoms with Gasteiger partial charge in [0.1, 0.15) is 5.82 Å². The topological polar surface area (TPSA) is 37.4 Å². The maximum atomic E-state index is 12.6. The summed E-state index contributed by atoms with van der Waals surface area (Å²) in [6.45, 7) is 2.56. The molecule has 1 aromatic rings. The van der Waals surface area contributed by atoms with E-state index in [4.69, 9.17) is 0 Å². The SMILES string of the molecule is CC(=O)N(C(C)=O)c1ccc(F)cc1. The molecule has 0 fully saturated rings. The van der Waals surface area contributed by atoms with Gasteiger partial charge in [-0.15, -0.1) is 0 Å². The number of halogens is 1. The smallest absolute Gasteiger partial charge is 0.230 e. The first-order chi connectivity index (χ1) is 6.52. The van der Waals surface area contributed by atoms with E-state index in [9.17, 15) is 14.0 Å². The van der Waals surface area contributed by atoms with Crippen LogP contribution < -0.4 is 4.90 Å². The zero-order valence-corrected chi connectivity index (χ0v) is 7.95. The molecule has 0 heterocycles. The number of anilines is 1. The average Bonchev–Trinajstić information content (AvgIpc) is 2.07. The van der Waals surface area contributed by atoms with E-state index in [2.05, 4.69) is 0 Å². The van der Waals surface area contributed by atoms with E-state index in [1.165, 1.54) is 38.1 Å². The Morgan fingerprint density at radius 1 is 1.07 bits per heavy atom. The zero-order chi connectivity index (χ0) is 10.7. The van der Waals surface area contributed by atoms with Crippen molar-refractivity contribution in [3.05, 3.63) is 30.1 Å². The fourth-order valence-corrected chi connectivity index (χ4v) is 1.18. The van der Waals surface area contributed by atoms with Gasteiger partial charge in [0, 0.05) is 13.8 Å². The van der Waals surface area contributed by atoms with Crippen molar-refractivity contribution in [3.63, 3.8) is 0 Å². The van der Waals surface area contributed by atoms with Gasteiger partial charge >= 0.3 is 0 Å². The molecule has 14 heavy (non-hydrogen) atoms. The van der Waals surface area contributed by atoms with Crippen LogP contribution in [0.3, 0.4) is 0 Å². The monoisotopic (exact) mass is 195 g/mol. The molecule has 4 heteroatoms. The summed E-state index contributed by atoms with van der Waals surface area (Å²) in [6, 6.07) is 5.18. The summed E-state index contributed by atoms with van der Waals surface area (Å²) >= 11 is 0. The summed E-state index contributed by atoms with van der Waals surface area (Å²) in [5.41, 5.74) is 0.381. The molecule has 0 aromatic heterocycles. The van der Waals surface area contributed by atoms with Crippen LogP contribution in [-0.2, 0) is 9.59 Å². The summed E-state index contributed by atoms with van der Waals surface area (Å²) in [5.74, 6) is -1.17. The second-order valence-electron chi connectivity index (χ2n) is 2.85. The summed E-state index contributed by atoms with van der Waals surface area (Å²) in [6.07, 6.45) is 0. The van der Waals surface area contributed by atoms with E-state index in [0.717, 1.165) is 4.90 Å². The maximum Gasteiger partial charge on any atom is 0.230 e. The van der Waals surface area contributed by atoms with Gasteiger partial charge in [-0.3, -0.25) is 14.5 Å². The van der Waals surface area contributed by atoms with Crippen molar-refractivity contribution < 1.29 is 14.0 Å². The van der Waals surface area contributed by atoms with E-state index in [-0.39, 0.29) is 11.8 Å². The highest BCUT2D eigenvalue weighted by Gasteiger charge is 2.15. The molecule has 0 radical (unpaired) electrons. The van der Waals surface area contributed by atoms with Crippen LogP contribution in [0.5, 0.6) is 0 Å². The van der Waals surface area contributed by atoms with Crippen molar-refractivity contribution in [2.75, 3.05) is 4.90 Å². The Labute approximate surface area is 81.1 Å². The number of carbonyl (C=O) groups excluding carboxylic acids is 2. The quantitative estimate of drug-likeness (QED) is 0.684. The van der Waals surface area contributed by atoms with Gasteiger partial charge in [0.25, 0.3) is 0 Å². The van der Waals surface area contributed by atoms with E-state index in [1.54, 1.807) is 0 Å². The Kier molecular flexibility index (Phi) is 2.96. The Bertz CT molecular complexity index is 345. The number of hydrogen-bond acceptors (Lipinski definition) is 2. The molecule has 3 nitrogen and oxygen atoms in total. The fourth-order valence-electron chi connectivity index (χ4n) is 1.18. The van der Waals surface area contributed by atoms with Gasteiger partial charge in [-0.25, -0.2) is 4.39 Å². The minimum absolute atomic E-state index is 0.381. The highest BCUT2D eigenvalue weighted by Crippen LogP contribution is 2.14. The Hall–Kier alpha value is -1.71. The van der Waals surface area contributed by atoms with Crippen molar-refractivity contribution in [1.29, 1.82) is 0 Å². The van der Waals surface area contributed by atoms with Crippen molar-refractivity contribution in [2.45, 2.75) is 13.8 Å². The third-order valence-electron chi connectivity index (χ3n) is 1.71. The maximum absolute atomic E-state index is 12.6. The predicted octanol–water partition coefficient (Wildman–Crippen LogP) is 1.73. The Balaban J connectivity index is 3.06. The first-order valence-corrected chi connectivity index (χ1v) is 4.09. The third-order valence-corrected chi connectivity index (χ3v) is 1.71. The molecule has 1 rings (SSSR count). The molecule has 0 atom stereocenters. The van der Waals surface area contributed by atoms with Crippen LogP contribution in [0.2, 0.25) is 0 Å². The molecule has 0 aliphatic heterocycles.